The number of ketones is 1. The molecule has 4 rings (SSSR count). The molecule has 2 aromatic carbocycles. The Kier molecular flexibility index (Phi) is 5.66. The number of ether oxygens (including phenoxy) is 3. The fraction of sp³-hybridized carbons (Fsp3) is 0.286. The summed E-state index contributed by atoms with van der Waals surface area (Å²) in [5.41, 5.74) is 1.49. The number of phenols is 1. The van der Waals surface area contributed by atoms with Crippen LogP contribution in [0.25, 0.3) is 6.08 Å². The van der Waals surface area contributed by atoms with Crippen LogP contribution in [0.5, 0.6) is 28.7 Å². The van der Waals surface area contributed by atoms with E-state index >= 15 is 0 Å². The van der Waals surface area contributed by atoms with Crippen LogP contribution in [0, 0.1) is 0 Å². The number of aryl methyl sites for hydroxylation is 1. The van der Waals surface area contributed by atoms with Crippen molar-refractivity contribution in [2.45, 2.75) is 25.4 Å². The number of aliphatic hydroxyl groups excluding tert-OH is 1. The fourth-order valence-corrected chi connectivity index (χ4v) is 2.99. The van der Waals surface area contributed by atoms with Crippen LogP contribution in [0.3, 0.4) is 0 Å². The van der Waals surface area contributed by atoms with Crippen molar-refractivity contribution in [3.63, 3.8) is 0 Å². The van der Waals surface area contributed by atoms with Gasteiger partial charge in [-0.05, 0) is 30.2 Å². The van der Waals surface area contributed by atoms with Crippen molar-refractivity contribution in [3.05, 3.63) is 47.5 Å². The highest BCUT2D eigenvalue weighted by molar-refractivity contribution is 5.79. The maximum Gasteiger partial charge on any atom is 0.207 e. The normalized spacial score (nSPS) is 18.2. The minimum atomic E-state index is -0.928. The molecule has 2 aliphatic heterocycles. The van der Waals surface area contributed by atoms with Crippen LogP contribution >= 0.6 is 0 Å². The summed E-state index contributed by atoms with van der Waals surface area (Å²) in [4.78, 5) is 12.1. The molecular weight excluding hydrogens is 348 g/mol. The van der Waals surface area contributed by atoms with Gasteiger partial charge in [-0.3, -0.25) is 4.79 Å². The Morgan fingerprint density at radius 3 is 2.44 bits per heavy atom. The summed E-state index contributed by atoms with van der Waals surface area (Å²) in [5, 5.41) is 20.6. The van der Waals surface area contributed by atoms with Gasteiger partial charge in [0.1, 0.15) is 11.5 Å². The first-order valence-corrected chi connectivity index (χ1v) is 8.64. The summed E-state index contributed by atoms with van der Waals surface area (Å²) in [7, 11) is 2.85. The second kappa shape index (κ2) is 8.14. The van der Waals surface area contributed by atoms with Gasteiger partial charge in [0, 0.05) is 18.4 Å². The Balaban J connectivity index is 2.12. The molecule has 6 nitrogen and oxygen atoms in total. The van der Waals surface area contributed by atoms with Gasteiger partial charge in [0.05, 0.1) is 20.3 Å². The molecule has 27 heavy (non-hydrogen) atoms. The Labute approximate surface area is 157 Å². The van der Waals surface area contributed by atoms with E-state index < -0.39 is 6.10 Å². The number of aromatic hydroxyl groups is 1. The van der Waals surface area contributed by atoms with Crippen molar-refractivity contribution in [2.24, 2.45) is 0 Å². The van der Waals surface area contributed by atoms with Crippen LogP contribution < -0.4 is 14.2 Å². The summed E-state index contributed by atoms with van der Waals surface area (Å²) in [6, 6.07) is 9.01. The summed E-state index contributed by atoms with van der Waals surface area (Å²) < 4.78 is 16.5. The monoisotopic (exact) mass is 370 g/mol. The molecule has 2 heterocycles. The quantitative estimate of drug-likeness (QED) is 0.842. The number of carbonyl (C=O) groups excluding carboxylic acids is 1. The molecule has 0 saturated carbocycles. The van der Waals surface area contributed by atoms with Crippen LogP contribution in [0.1, 0.15) is 24.0 Å². The lowest BCUT2D eigenvalue weighted by molar-refractivity contribution is -0.120. The molecule has 0 aromatic heterocycles. The highest BCUT2D eigenvalue weighted by atomic mass is 16.5. The van der Waals surface area contributed by atoms with Gasteiger partial charge in [-0.2, -0.15) is 0 Å². The second-order valence-electron chi connectivity index (χ2n) is 6.29. The smallest absolute Gasteiger partial charge is 0.207 e. The van der Waals surface area contributed by atoms with Crippen LogP contribution in [0.4, 0.5) is 0 Å². The summed E-state index contributed by atoms with van der Waals surface area (Å²) in [6.45, 7) is 0. The zero-order chi connectivity index (χ0) is 19.4. The molecule has 4 bridgehead atoms. The third-order valence-electron chi connectivity index (χ3n) is 4.39. The first-order valence-electron chi connectivity index (χ1n) is 8.64. The fourth-order valence-electron chi connectivity index (χ4n) is 2.99. The van der Waals surface area contributed by atoms with Crippen molar-refractivity contribution in [2.75, 3.05) is 14.2 Å². The predicted octanol–water partition coefficient (Wildman–Crippen LogP) is 3.48. The number of methoxy groups -OCH3 is 2. The van der Waals surface area contributed by atoms with Crippen molar-refractivity contribution in [3.8, 4) is 28.7 Å². The van der Waals surface area contributed by atoms with Crippen molar-refractivity contribution < 1.29 is 29.2 Å². The summed E-state index contributed by atoms with van der Waals surface area (Å²) in [6.07, 6.45) is 3.14. The lowest BCUT2D eigenvalue weighted by atomic mass is 10.0. The predicted molar refractivity (Wildman–Crippen MR) is 101 cm³/mol. The number of rotatable bonds is 2. The van der Waals surface area contributed by atoms with Gasteiger partial charge >= 0.3 is 0 Å². The van der Waals surface area contributed by atoms with E-state index in [9.17, 15) is 15.0 Å². The van der Waals surface area contributed by atoms with E-state index in [0.717, 1.165) is 5.56 Å². The maximum atomic E-state index is 12.1. The van der Waals surface area contributed by atoms with Gasteiger partial charge in [-0.25, -0.2) is 0 Å². The number of fused-ring (bicyclic) bond motifs is 7. The largest absolute Gasteiger partial charge is 0.502 e. The lowest BCUT2D eigenvalue weighted by Crippen LogP contribution is -2.11. The Morgan fingerprint density at radius 1 is 1.07 bits per heavy atom. The van der Waals surface area contributed by atoms with Crippen LogP contribution in [0.2, 0.25) is 0 Å². The lowest BCUT2D eigenvalue weighted by Gasteiger charge is -2.16. The van der Waals surface area contributed by atoms with Gasteiger partial charge in [-0.15, -0.1) is 0 Å². The van der Waals surface area contributed by atoms with Crippen molar-refractivity contribution in [1.29, 1.82) is 0 Å². The molecule has 0 spiro atoms. The minimum Gasteiger partial charge on any atom is -0.502 e. The van der Waals surface area contributed by atoms with E-state index in [1.165, 1.54) is 20.3 Å². The Hall–Kier alpha value is -2.99. The van der Waals surface area contributed by atoms with E-state index in [-0.39, 0.29) is 29.5 Å². The van der Waals surface area contributed by atoms with E-state index in [0.29, 0.717) is 29.9 Å². The number of carbonyl (C=O) groups is 1. The Bertz CT molecular complexity index is 854. The third kappa shape index (κ3) is 4.23. The minimum absolute atomic E-state index is 0.0208. The zero-order valence-electron chi connectivity index (χ0n) is 15.3. The average Bonchev–Trinajstić information content (AvgIpc) is 2.66. The molecular formula is C21H22O6. The number of benzene rings is 2. The number of Topliss-reactive ketones (excluding diaryl/α,β-unsaturated/α-hetero) is 1. The molecule has 0 saturated heterocycles. The topological polar surface area (TPSA) is 85.2 Å². The zero-order valence-corrected chi connectivity index (χ0v) is 15.3. The molecule has 2 aromatic rings. The van der Waals surface area contributed by atoms with E-state index in [1.807, 2.05) is 12.1 Å². The summed E-state index contributed by atoms with van der Waals surface area (Å²) in [5.74, 6) is 0.986. The van der Waals surface area contributed by atoms with Gasteiger partial charge in [0.2, 0.25) is 11.5 Å². The van der Waals surface area contributed by atoms with Crippen molar-refractivity contribution >= 4 is 11.9 Å². The molecule has 2 N–H and O–H groups in total. The highest BCUT2D eigenvalue weighted by Crippen LogP contribution is 2.47. The summed E-state index contributed by atoms with van der Waals surface area (Å²) >= 11 is 0. The molecule has 0 unspecified atom stereocenters. The first-order chi connectivity index (χ1) is 13.0. The molecule has 0 amide bonds. The first kappa shape index (κ1) is 18.8. The molecule has 2 aliphatic rings. The van der Waals surface area contributed by atoms with Crippen LogP contribution in [-0.4, -0.2) is 36.3 Å². The molecule has 0 fully saturated rings. The molecule has 6 heteroatoms. The highest BCUT2D eigenvalue weighted by Gasteiger charge is 2.20. The maximum absolute atomic E-state index is 12.1. The average molecular weight is 370 g/mol. The van der Waals surface area contributed by atoms with Crippen LogP contribution in [0.15, 0.2) is 36.4 Å². The Morgan fingerprint density at radius 2 is 1.78 bits per heavy atom. The molecule has 142 valence electrons. The van der Waals surface area contributed by atoms with Crippen molar-refractivity contribution in [1.82, 2.24) is 0 Å². The van der Waals surface area contributed by atoms with E-state index in [2.05, 4.69) is 0 Å². The number of hydrogen-bond donors (Lipinski definition) is 2. The number of phenolic OH excluding ortho intramolecular Hbond substituents is 1. The number of aliphatic hydroxyl groups is 1. The standard InChI is InChI=1S/C21H22O6/c1-25-20-14-6-8-16(23)12-15(22)7-3-13-4-9-17(10-5-13)27-18(11-14)21(26-2)19(20)24/h4-6,8-11,16,23-24H,3,7,12H2,1-2H3/b8-6-/t16-/m0/s1. The molecule has 0 aliphatic carbocycles. The van der Waals surface area contributed by atoms with Gasteiger partial charge in [-0.1, -0.05) is 24.3 Å². The number of hydrogen-bond acceptors (Lipinski definition) is 6. The molecule has 1 atom stereocenters. The van der Waals surface area contributed by atoms with Gasteiger partial charge in [0.15, 0.2) is 11.5 Å². The third-order valence-corrected chi connectivity index (χ3v) is 4.39. The van der Waals surface area contributed by atoms with E-state index in [4.69, 9.17) is 14.2 Å². The second-order valence-corrected chi connectivity index (χ2v) is 6.29. The van der Waals surface area contributed by atoms with Gasteiger partial charge in [0.25, 0.3) is 0 Å². The van der Waals surface area contributed by atoms with E-state index in [1.54, 1.807) is 24.3 Å². The van der Waals surface area contributed by atoms with Crippen LogP contribution in [-0.2, 0) is 11.2 Å². The molecule has 0 radical (unpaired) electrons. The van der Waals surface area contributed by atoms with Gasteiger partial charge < -0.3 is 24.4 Å². The SMILES string of the molecule is COc1c2cc(c(OC)c1O)Oc1ccc(cc1)CCC(=O)C[C@@H](O)/C=C\2.